The molecule has 3 nitrogen and oxygen atoms in total. The SMILES string of the molecule is CCC1CN(C)CCCN1C(CN)c1ccc(Cl)c(F)c1. The highest BCUT2D eigenvalue weighted by molar-refractivity contribution is 6.30. The van der Waals surface area contributed by atoms with Gasteiger partial charge in [-0.25, -0.2) is 4.39 Å². The van der Waals surface area contributed by atoms with Crippen molar-refractivity contribution in [2.45, 2.75) is 31.8 Å². The number of rotatable bonds is 4. The average molecular weight is 314 g/mol. The molecule has 0 bridgehead atoms. The third-order valence-electron chi connectivity index (χ3n) is 4.37. The maximum Gasteiger partial charge on any atom is 0.142 e. The lowest BCUT2D eigenvalue weighted by atomic mass is 10.0. The summed E-state index contributed by atoms with van der Waals surface area (Å²) in [6, 6.07) is 5.55. The van der Waals surface area contributed by atoms with Crippen molar-refractivity contribution >= 4 is 11.6 Å². The molecule has 1 heterocycles. The molecule has 0 aromatic heterocycles. The molecule has 21 heavy (non-hydrogen) atoms. The van der Waals surface area contributed by atoms with Gasteiger partial charge in [-0.3, -0.25) is 4.90 Å². The number of nitrogens with two attached hydrogens (primary N) is 1. The van der Waals surface area contributed by atoms with Crippen molar-refractivity contribution in [2.75, 3.05) is 33.2 Å². The molecule has 1 fully saturated rings. The fourth-order valence-electron chi connectivity index (χ4n) is 3.22. The van der Waals surface area contributed by atoms with Crippen molar-refractivity contribution in [1.29, 1.82) is 0 Å². The zero-order valence-corrected chi connectivity index (χ0v) is 13.6. The van der Waals surface area contributed by atoms with Gasteiger partial charge in [-0.2, -0.15) is 0 Å². The number of benzene rings is 1. The van der Waals surface area contributed by atoms with Gasteiger partial charge in [0.15, 0.2) is 0 Å². The maximum absolute atomic E-state index is 13.8. The van der Waals surface area contributed by atoms with Gasteiger partial charge >= 0.3 is 0 Å². The predicted octanol–water partition coefficient (Wildman–Crippen LogP) is 2.90. The normalized spacial score (nSPS) is 23.0. The van der Waals surface area contributed by atoms with Gasteiger partial charge in [0.25, 0.3) is 0 Å². The molecule has 2 rings (SSSR count). The molecule has 1 aliphatic heterocycles. The zero-order valence-electron chi connectivity index (χ0n) is 12.9. The molecule has 0 spiro atoms. The minimum absolute atomic E-state index is 0.0493. The molecular formula is C16H25ClFN3. The Morgan fingerprint density at radius 1 is 1.43 bits per heavy atom. The number of hydrogen-bond acceptors (Lipinski definition) is 3. The van der Waals surface area contributed by atoms with Gasteiger partial charge in [0.05, 0.1) is 5.02 Å². The van der Waals surface area contributed by atoms with Crippen molar-refractivity contribution in [3.8, 4) is 0 Å². The summed E-state index contributed by atoms with van der Waals surface area (Å²) in [7, 11) is 2.16. The van der Waals surface area contributed by atoms with E-state index in [1.807, 2.05) is 6.07 Å². The third-order valence-corrected chi connectivity index (χ3v) is 4.68. The second-order valence-corrected chi connectivity index (χ2v) is 6.25. The molecule has 1 aliphatic rings. The fourth-order valence-corrected chi connectivity index (χ4v) is 3.34. The van der Waals surface area contributed by atoms with Crippen LogP contribution >= 0.6 is 11.6 Å². The minimum Gasteiger partial charge on any atom is -0.329 e. The van der Waals surface area contributed by atoms with Gasteiger partial charge < -0.3 is 10.6 Å². The van der Waals surface area contributed by atoms with E-state index >= 15 is 0 Å². The van der Waals surface area contributed by atoms with Crippen LogP contribution in [0, 0.1) is 5.82 Å². The van der Waals surface area contributed by atoms with Crippen LogP contribution in [0.1, 0.15) is 31.4 Å². The van der Waals surface area contributed by atoms with Crippen molar-refractivity contribution in [2.24, 2.45) is 5.73 Å². The van der Waals surface area contributed by atoms with Gasteiger partial charge in [0, 0.05) is 31.7 Å². The van der Waals surface area contributed by atoms with E-state index in [-0.39, 0.29) is 16.9 Å². The highest BCUT2D eigenvalue weighted by atomic mass is 35.5. The van der Waals surface area contributed by atoms with Crippen LogP contribution in [-0.4, -0.2) is 49.1 Å². The fraction of sp³-hybridized carbons (Fsp3) is 0.625. The lowest BCUT2D eigenvalue weighted by Crippen LogP contribution is -2.44. The Hall–Kier alpha value is -0.680. The number of halogens is 2. The molecule has 5 heteroatoms. The average Bonchev–Trinajstić information content (AvgIpc) is 2.65. The first-order valence-electron chi connectivity index (χ1n) is 7.66. The summed E-state index contributed by atoms with van der Waals surface area (Å²) < 4.78 is 13.8. The number of hydrogen-bond donors (Lipinski definition) is 1. The Bertz CT molecular complexity index is 469. The first-order chi connectivity index (χ1) is 10.1. The monoisotopic (exact) mass is 313 g/mol. The Balaban J connectivity index is 2.27. The molecule has 1 aromatic rings. The van der Waals surface area contributed by atoms with E-state index in [1.54, 1.807) is 6.07 Å². The smallest absolute Gasteiger partial charge is 0.142 e. The summed E-state index contributed by atoms with van der Waals surface area (Å²) in [6.45, 7) is 5.81. The molecule has 118 valence electrons. The summed E-state index contributed by atoms with van der Waals surface area (Å²) in [6.07, 6.45) is 2.18. The quantitative estimate of drug-likeness (QED) is 0.927. The van der Waals surface area contributed by atoms with Crippen molar-refractivity contribution in [3.63, 3.8) is 0 Å². The highest BCUT2D eigenvalue weighted by Gasteiger charge is 2.28. The second-order valence-electron chi connectivity index (χ2n) is 5.84. The van der Waals surface area contributed by atoms with E-state index in [0.29, 0.717) is 12.6 Å². The molecular weight excluding hydrogens is 289 g/mol. The van der Waals surface area contributed by atoms with Gasteiger partial charge in [0.1, 0.15) is 5.82 Å². The molecule has 0 saturated carbocycles. The Morgan fingerprint density at radius 3 is 2.81 bits per heavy atom. The summed E-state index contributed by atoms with van der Waals surface area (Å²) >= 11 is 5.79. The van der Waals surface area contributed by atoms with Crippen molar-refractivity contribution < 1.29 is 4.39 Å². The van der Waals surface area contributed by atoms with Gasteiger partial charge in [-0.05, 0) is 44.1 Å². The third kappa shape index (κ3) is 3.95. The predicted molar refractivity (Wildman–Crippen MR) is 86.1 cm³/mol. The van der Waals surface area contributed by atoms with E-state index in [1.165, 1.54) is 6.07 Å². The van der Waals surface area contributed by atoms with Crippen LogP contribution in [0.4, 0.5) is 4.39 Å². The van der Waals surface area contributed by atoms with Crippen LogP contribution in [0.25, 0.3) is 0 Å². The van der Waals surface area contributed by atoms with Crippen LogP contribution in [0.3, 0.4) is 0 Å². The number of nitrogens with zero attached hydrogens (tertiary/aromatic N) is 2. The first kappa shape index (κ1) is 16.7. The van der Waals surface area contributed by atoms with Crippen LogP contribution in [-0.2, 0) is 0 Å². The second kappa shape index (κ2) is 7.54. The van der Waals surface area contributed by atoms with Crippen LogP contribution in [0.2, 0.25) is 5.02 Å². The number of likely N-dealkylation sites (N-methyl/N-ethyl adjacent to an activating group) is 1. The molecule has 0 aliphatic carbocycles. The largest absolute Gasteiger partial charge is 0.329 e. The summed E-state index contributed by atoms with van der Waals surface area (Å²) in [5.74, 6) is -0.368. The molecule has 0 amide bonds. The van der Waals surface area contributed by atoms with E-state index in [9.17, 15) is 4.39 Å². The van der Waals surface area contributed by atoms with E-state index < -0.39 is 0 Å². The highest BCUT2D eigenvalue weighted by Crippen LogP contribution is 2.28. The molecule has 2 unspecified atom stereocenters. The summed E-state index contributed by atoms with van der Waals surface area (Å²) in [5.41, 5.74) is 6.93. The maximum atomic E-state index is 13.8. The van der Waals surface area contributed by atoms with E-state index in [2.05, 4.69) is 23.8 Å². The minimum atomic E-state index is -0.368. The van der Waals surface area contributed by atoms with Gasteiger partial charge in [-0.15, -0.1) is 0 Å². The molecule has 2 atom stereocenters. The first-order valence-corrected chi connectivity index (χ1v) is 8.04. The molecule has 1 saturated heterocycles. The van der Waals surface area contributed by atoms with Crippen LogP contribution in [0.5, 0.6) is 0 Å². The summed E-state index contributed by atoms with van der Waals surface area (Å²) in [5, 5.41) is 0.164. The Kier molecular flexibility index (Phi) is 5.99. The molecule has 1 aromatic carbocycles. The van der Waals surface area contributed by atoms with E-state index in [0.717, 1.165) is 38.0 Å². The van der Waals surface area contributed by atoms with Crippen LogP contribution in [0.15, 0.2) is 18.2 Å². The lowest BCUT2D eigenvalue weighted by molar-refractivity contribution is 0.131. The van der Waals surface area contributed by atoms with Gasteiger partial charge in [-0.1, -0.05) is 24.6 Å². The molecule has 0 radical (unpaired) electrons. The Morgan fingerprint density at radius 2 is 2.19 bits per heavy atom. The summed E-state index contributed by atoms with van der Waals surface area (Å²) in [4.78, 5) is 4.80. The van der Waals surface area contributed by atoms with Crippen molar-refractivity contribution in [1.82, 2.24) is 9.80 Å². The lowest BCUT2D eigenvalue weighted by Gasteiger charge is -2.37. The van der Waals surface area contributed by atoms with Crippen LogP contribution < -0.4 is 5.73 Å². The standard InChI is InChI=1S/C16H25ClFN3/c1-3-13-11-20(2)7-4-8-21(13)16(10-19)12-5-6-14(17)15(18)9-12/h5-6,9,13,16H,3-4,7-8,10-11,19H2,1-2H3. The Labute approximate surface area is 131 Å². The van der Waals surface area contributed by atoms with E-state index in [4.69, 9.17) is 17.3 Å². The van der Waals surface area contributed by atoms with Gasteiger partial charge in [0.2, 0.25) is 0 Å². The topological polar surface area (TPSA) is 32.5 Å². The zero-order chi connectivity index (χ0) is 15.4. The molecule has 2 N–H and O–H groups in total. The van der Waals surface area contributed by atoms with Crippen molar-refractivity contribution in [3.05, 3.63) is 34.6 Å².